The Labute approximate surface area is 221 Å². The Hall–Kier alpha value is -4.18. The van der Waals surface area contributed by atoms with E-state index < -0.39 is 17.3 Å². The Balaban J connectivity index is 1.95. The lowest BCUT2D eigenvalue weighted by atomic mass is 10.0. The van der Waals surface area contributed by atoms with Crippen molar-refractivity contribution in [2.45, 2.75) is 32.4 Å². The number of pyridine rings is 1. The Morgan fingerprint density at radius 1 is 1.26 bits per heavy atom. The van der Waals surface area contributed by atoms with Crippen LogP contribution in [0, 0.1) is 5.82 Å². The highest BCUT2D eigenvalue weighted by Crippen LogP contribution is 2.29. The highest BCUT2D eigenvalue weighted by Gasteiger charge is 2.19. The van der Waals surface area contributed by atoms with Crippen LogP contribution in [0.3, 0.4) is 0 Å². The smallest absolute Gasteiger partial charge is 0.237 e. The van der Waals surface area contributed by atoms with E-state index in [1.54, 1.807) is 49.2 Å². The van der Waals surface area contributed by atoms with E-state index in [2.05, 4.69) is 22.2 Å². The van der Waals surface area contributed by atoms with E-state index in [0.29, 0.717) is 40.4 Å². The number of amides is 1. The molecule has 3 rings (SSSR count). The second-order valence-electron chi connectivity index (χ2n) is 8.65. The van der Waals surface area contributed by atoms with Crippen LogP contribution in [-0.2, 0) is 11.3 Å². The summed E-state index contributed by atoms with van der Waals surface area (Å²) in [5, 5.41) is 5.58. The van der Waals surface area contributed by atoms with E-state index in [-0.39, 0.29) is 30.8 Å². The number of ether oxygens (including phenoxy) is 2. The summed E-state index contributed by atoms with van der Waals surface area (Å²) < 4.78 is 27.9. The minimum atomic E-state index is -0.818. The van der Waals surface area contributed by atoms with Crippen molar-refractivity contribution in [2.24, 2.45) is 10.7 Å². The molecule has 0 saturated carbocycles. The third-order valence-corrected chi connectivity index (χ3v) is 5.85. The molecule has 202 valence electrons. The van der Waals surface area contributed by atoms with Gasteiger partial charge in [-0.05, 0) is 36.2 Å². The van der Waals surface area contributed by atoms with Crippen molar-refractivity contribution in [3.05, 3.63) is 70.9 Å². The number of benzene rings is 2. The summed E-state index contributed by atoms with van der Waals surface area (Å²) in [5.41, 5.74) is 7.38. The van der Waals surface area contributed by atoms with Crippen molar-refractivity contribution in [1.29, 1.82) is 0 Å². The molecule has 3 aromatic rings. The number of hydrogen-bond donors (Lipinski definition) is 3. The van der Waals surface area contributed by atoms with Crippen LogP contribution in [0.15, 0.2) is 64.7 Å². The largest absolute Gasteiger partial charge is 0.497 e. The lowest BCUT2D eigenvalue weighted by molar-refractivity contribution is -0.122. The lowest BCUT2D eigenvalue weighted by Crippen LogP contribution is -2.42. The minimum absolute atomic E-state index is 0.0742. The first-order valence-electron chi connectivity index (χ1n) is 12.3. The summed E-state index contributed by atoms with van der Waals surface area (Å²) in [5.74, 6) is 0.0150. The Kier molecular flexibility index (Phi) is 10.0. The molecule has 1 heterocycles. The van der Waals surface area contributed by atoms with Gasteiger partial charge in [0.25, 0.3) is 0 Å². The number of nitrogens with two attached hydrogens (primary N) is 1. The molecule has 10 heteroatoms. The van der Waals surface area contributed by atoms with E-state index in [1.165, 1.54) is 18.5 Å². The highest BCUT2D eigenvalue weighted by atomic mass is 19.1. The average Bonchev–Trinajstić information content (AvgIpc) is 2.92. The van der Waals surface area contributed by atoms with Crippen LogP contribution in [0.1, 0.15) is 19.8 Å². The molecule has 0 radical (unpaired) electrons. The first-order valence-corrected chi connectivity index (χ1v) is 12.3. The lowest BCUT2D eigenvalue weighted by Gasteiger charge is -2.19. The second kappa shape index (κ2) is 13.4. The maximum atomic E-state index is 15.1. The monoisotopic (exact) mass is 523 g/mol. The van der Waals surface area contributed by atoms with Gasteiger partial charge in [0.05, 0.1) is 37.0 Å². The van der Waals surface area contributed by atoms with E-state index in [1.807, 2.05) is 6.92 Å². The summed E-state index contributed by atoms with van der Waals surface area (Å²) in [6.07, 6.45) is 4.09. The van der Waals surface area contributed by atoms with Crippen LogP contribution in [0.25, 0.3) is 22.0 Å². The maximum Gasteiger partial charge on any atom is 0.237 e. The van der Waals surface area contributed by atoms with E-state index in [4.69, 9.17) is 15.2 Å². The highest BCUT2D eigenvalue weighted by molar-refractivity contribution is 5.89. The van der Waals surface area contributed by atoms with Gasteiger partial charge in [-0.2, -0.15) is 0 Å². The number of rotatable bonds is 13. The third kappa shape index (κ3) is 6.77. The van der Waals surface area contributed by atoms with Crippen molar-refractivity contribution < 1.29 is 18.7 Å². The van der Waals surface area contributed by atoms with Crippen LogP contribution >= 0.6 is 0 Å². The average molecular weight is 524 g/mol. The minimum Gasteiger partial charge on any atom is -0.497 e. The SMILES string of the molecule is C=C(CC(N)C(=O)NCCn1cc(-c2ccc(OC)cc2)c(=O)c2c(F)ccc(OCCC)c21)NC=NC. The van der Waals surface area contributed by atoms with Gasteiger partial charge in [0.2, 0.25) is 5.91 Å². The summed E-state index contributed by atoms with van der Waals surface area (Å²) in [6, 6.07) is 8.89. The molecule has 1 aromatic heterocycles. The fourth-order valence-corrected chi connectivity index (χ4v) is 3.95. The number of aromatic nitrogens is 1. The van der Waals surface area contributed by atoms with Gasteiger partial charge < -0.3 is 30.4 Å². The number of carbonyl (C=O) groups is 1. The molecule has 0 aliphatic heterocycles. The van der Waals surface area contributed by atoms with Gasteiger partial charge in [0.1, 0.15) is 17.3 Å². The fourth-order valence-electron chi connectivity index (χ4n) is 3.95. The number of nitrogens with zero attached hydrogens (tertiary/aromatic N) is 2. The molecular weight excluding hydrogens is 489 g/mol. The second-order valence-corrected chi connectivity index (χ2v) is 8.65. The third-order valence-electron chi connectivity index (χ3n) is 5.85. The number of carbonyl (C=O) groups excluding carboxylic acids is 1. The summed E-state index contributed by atoms with van der Waals surface area (Å²) in [4.78, 5) is 29.9. The standard InChI is InChI=1S/C28H34FN5O4/c1-5-14-38-24-11-10-22(29)25-26(24)34(13-12-32-28(36)23(30)15-18(2)33-17-31-3)16-21(27(25)35)19-6-8-20(37-4)9-7-19/h6-11,16-17,23H,2,5,12-15,30H2,1,3-4H3,(H,31,33)(H,32,36). The van der Waals surface area contributed by atoms with E-state index in [9.17, 15) is 9.59 Å². The topological polar surface area (TPSA) is 120 Å². The Morgan fingerprint density at radius 2 is 2.00 bits per heavy atom. The van der Waals surface area contributed by atoms with Gasteiger partial charge in [0.15, 0.2) is 5.43 Å². The first-order chi connectivity index (χ1) is 18.3. The van der Waals surface area contributed by atoms with Crippen LogP contribution < -0.4 is 31.3 Å². The zero-order valence-electron chi connectivity index (χ0n) is 21.9. The summed E-state index contributed by atoms with van der Waals surface area (Å²) >= 11 is 0. The molecular formula is C28H34FN5O4. The van der Waals surface area contributed by atoms with Crippen LogP contribution in [0.4, 0.5) is 4.39 Å². The Morgan fingerprint density at radius 3 is 2.66 bits per heavy atom. The molecule has 0 spiro atoms. The van der Waals surface area contributed by atoms with Crippen LogP contribution in [0.2, 0.25) is 0 Å². The van der Waals surface area contributed by atoms with Gasteiger partial charge >= 0.3 is 0 Å². The number of fused-ring (bicyclic) bond motifs is 1. The van der Waals surface area contributed by atoms with Gasteiger partial charge in [-0.1, -0.05) is 25.6 Å². The molecule has 4 N–H and O–H groups in total. The van der Waals surface area contributed by atoms with Crippen molar-refractivity contribution in [2.75, 3.05) is 27.3 Å². The number of nitrogens with one attached hydrogen (secondary N) is 2. The number of hydrogen-bond acceptors (Lipinski definition) is 6. The Bertz CT molecular complexity index is 1370. The molecule has 0 bridgehead atoms. The van der Waals surface area contributed by atoms with Crippen LogP contribution in [0.5, 0.6) is 11.5 Å². The first kappa shape index (κ1) is 28.4. The zero-order chi connectivity index (χ0) is 27.7. The number of halogens is 1. The molecule has 0 aliphatic rings. The van der Waals surface area contributed by atoms with Gasteiger partial charge in [-0.15, -0.1) is 0 Å². The molecule has 38 heavy (non-hydrogen) atoms. The quantitative estimate of drug-likeness (QED) is 0.234. The number of aliphatic imine (C=N–C) groups is 1. The van der Waals surface area contributed by atoms with Gasteiger partial charge in [0, 0.05) is 44.0 Å². The van der Waals surface area contributed by atoms with Crippen LogP contribution in [-0.4, -0.2) is 50.2 Å². The van der Waals surface area contributed by atoms with Crippen molar-refractivity contribution in [1.82, 2.24) is 15.2 Å². The molecule has 9 nitrogen and oxygen atoms in total. The fraction of sp³-hybridized carbons (Fsp3) is 0.321. The molecule has 0 aliphatic carbocycles. The predicted molar refractivity (Wildman–Crippen MR) is 148 cm³/mol. The van der Waals surface area contributed by atoms with E-state index in [0.717, 1.165) is 6.42 Å². The molecule has 1 atom stereocenters. The normalized spacial score (nSPS) is 11.9. The zero-order valence-corrected chi connectivity index (χ0v) is 21.9. The molecule has 1 unspecified atom stereocenters. The summed E-state index contributed by atoms with van der Waals surface area (Å²) in [7, 11) is 3.16. The molecule has 0 saturated heterocycles. The van der Waals surface area contributed by atoms with Crippen molar-refractivity contribution >= 4 is 23.1 Å². The maximum absolute atomic E-state index is 15.1. The summed E-state index contributed by atoms with van der Waals surface area (Å²) in [6.45, 7) is 6.61. The van der Waals surface area contributed by atoms with Crippen molar-refractivity contribution in [3.63, 3.8) is 0 Å². The van der Waals surface area contributed by atoms with Gasteiger partial charge in [-0.3, -0.25) is 14.6 Å². The number of methoxy groups -OCH3 is 1. The van der Waals surface area contributed by atoms with Crippen molar-refractivity contribution in [3.8, 4) is 22.6 Å². The molecule has 0 fully saturated rings. The molecule has 2 aromatic carbocycles. The van der Waals surface area contributed by atoms with Gasteiger partial charge in [-0.25, -0.2) is 4.39 Å². The predicted octanol–water partition coefficient (Wildman–Crippen LogP) is 3.20. The van der Waals surface area contributed by atoms with E-state index >= 15 is 4.39 Å². The molecule has 1 amide bonds.